The second-order valence-corrected chi connectivity index (χ2v) is 5.69. The van der Waals surface area contributed by atoms with Crippen LogP contribution in [0.5, 0.6) is 5.75 Å². The van der Waals surface area contributed by atoms with Crippen LogP contribution in [0, 0.1) is 0 Å². The first kappa shape index (κ1) is 17.7. The van der Waals surface area contributed by atoms with Gasteiger partial charge in [0.05, 0.1) is 13.2 Å². The lowest BCUT2D eigenvalue weighted by Gasteiger charge is -2.26. The highest BCUT2D eigenvalue weighted by atomic mass is 16.5. The van der Waals surface area contributed by atoms with Crippen molar-refractivity contribution in [1.29, 1.82) is 0 Å². The van der Waals surface area contributed by atoms with Crippen molar-refractivity contribution in [2.45, 2.75) is 12.6 Å². The summed E-state index contributed by atoms with van der Waals surface area (Å²) in [6, 6.07) is 12.5. The maximum Gasteiger partial charge on any atom is 0.250 e. The molecule has 0 aliphatic carbocycles. The average Bonchev–Trinajstić information content (AvgIpc) is 2.57. The summed E-state index contributed by atoms with van der Waals surface area (Å²) in [6.07, 6.45) is 1.60. The zero-order valence-electron chi connectivity index (χ0n) is 14.2. The molecule has 0 aliphatic rings. The number of hydrogen-bond acceptors (Lipinski definition) is 4. The number of para-hydroxylation sites is 1. The summed E-state index contributed by atoms with van der Waals surface area (Å²) >= 11 is 0. The van der Waals surface area contributed by atoms with Crippen molar-refractivity contribution in [2.75, 3.05) is 27.7 Å². The topological polar surface area (TPSA) is 63.6 Å². The molecule has 24 heavy (non-hydrogen) atoms. The molecule has 6 heteroatoms. The van der Waals surface area contributed by atoms with Crippen molar-refractivity contribution in [3.05, 3.63) is 64.6 Å². The summed E-state index contributed by atoms with van der Waals surface area (Å²) < 4.78 is 6.79. The van der Waals surface area contributed by atoms with Crippen LogP contribution in [0.15, 0.2) is 53.5 Å². The molecule has 0 bridgehead atoms. The number of nitrogens with one attached hydrogen (secondary N) is 1. The normalized spacial score (nSPS) is 12.0. The van der Waals surface area contributed by atoms with E-state index in [4.69, 9.17) is 4.74 Å². The predicted molar refractivity (Wildman–Crippen MR) is 93.1 cm³/mol. The SMILES string of the molecule is COc1ccccc1C(CNC(=O)Cn1ccccc1=O)N(C)C. The lowest BCUT2D eigenvalue weighted by Crippen LogP contribution is -2.37. The van der Waals surface area contributed by atoms with Crippen LogP contribution < -0.4 is 15.6 Å². The van der Waals surface area contributed by atoms with Gasteiger partial charge in [-0.3, -0.25) is 9.59 Å². The number of ether oxygens (including phenoxy) is 1. The number of methoxy groups -OCH3 is 1. The third-order valence-electron chi connectivity index (χ3n) is 3.83. The van der Waals surface area contributed by atoms with E-state index in [1.54, 1.807) is 25.4 Å². The number of nitrogens with zero attached hydrogens (tertiary/aromatic N) is 2. The zero-order chi connectivity index (χ0) is 17.5. The molecule has 1 N–H and O–H groups in total. The number of amides is 1. The predicted octanol–water partition coefficient (Wildman–Crippen LogP) is 1.28. The molecule has 2 rings (SSSR count). The van der Waals surface area contributed by atoms with Crippen molar-refractivity contribution in [3.8, 4) is 5.75 Å². The molecule has 0 spiro atoms. The van der Waals surface area contributed by atoms with Crippen molar-refractivity contribution >= 4 is 5.91 Å². The van der Waals surface area contributed by atoms with Crippen molar-refractivity contribution in [1.82, 2.24) is 14.8 Å². The van der Waals surface area contributed by atoms with E-state index in [9.17, 15) is 9.59 Å². The van der Waals surface area contributed by atoms with Crippen LogP contribution in [0.2, 0.25) is 0 Å². The van der Waals surface area contributed by atoms with Crippen LogP contribution in [0.4, 0.5) is 0 Å². The minimum absolute atomic E-state index is 0.00570. The number of carbonyl (C=O) groups excluding carboxylic acids is 1. The minimum atomic E-state index is -0.204. The van der Waals surface area contributed by atoms with Gasteiger partial charge in [0.2, 0.25) is 5.91 Å². The third kappa shape index (κ3) is 4.45. The molecule has 0 saturated carbocycles. The third-order valence-corrected chi connectivity index (χ3v) is 3.83. The van der Waals surface area contributed by atoms with Gasteiger partial charge in [0.1, 0.15) is 12.3 Å². The monoisotopic (exact) mass is 329 g/mol. The van der Waals surface area contributed by atoms with Crippen LogP contribution in [0.25, 0.3) is 0 Å². The first-order valence-corrected chi connectivity index (χ1v) is 7.74. The fraction of sp³-hybridized carbons (Fsp3) is 0.333. The molecule has 2 aromatic rings. The molecule has 1 atom stereocenters. The van der Waals surface area contributed by atoms with Crippen LogP contribution >= 0.6 is 0 Å². The Kier molecular flexibility index (Phi) is 6.14. The summed E-state index contributed by atoms with van der Waals surface area (Å²) in [5.41, 5.74) is 0.809. The van der Waals surface area contributed by atoms with Crippen molar-refractivity contribution < 1.29 is 9.53 Å². The molecule has 1 amide bonds. The molecule has 0 saturated heterocycles. The van der Waals surface area contributed by atoms with Gasteiger partial charge < -0.3 is 19.5 Å². The van der Waals surface area contributed by atoms with E-state index in [0.29, 0.717) is 6.54 Å². The van der Waals surface area contributed by atoms with Gasteiger partial charge in [-0.1, -0.05) is 24.3 Å². The number of carbonyl (C=O) groups is 1. The second kappa shape index (κ2) is 8.31. The zero-order valence-corrected chi connectivity index (χ0v) is 14.2. The Bertz CT molecular complexity index is 740. The number of hydrogen-bond donors (Lipinski definition) is 1. The summed E-state index contributed by atoms with van der Waals surface area (Å²) in [7, 11) is 5.53. The molecule has 0 aliphatic heterocycles. The number of benzene rings is 1. The quantitative estimate of drug-likeness (QED) is 0.831. The summed E-state index contributed by atoms with van der Waals surface area (Å²) in [5, 5.41) is 2.89. The minimum Gasteiger partial charge on any atom is -0.496 e. The molecule has 0 fully saturated rings. The Morgan fingerprint density at radius 2 is 1.92 bits per heavy atom. The first-order chi connectivity index (χ1) is 11.5. The van der Waals surface area contributed by atoms with Crippen LogP contribution in [-0.2, 0) is 11.3 Å². The number of aromatic nitrogens is 1. The molecule has 6 nitrogen and oxygen atoms in total. The largest absolute Gasteiger partial charge is 0.496 e. The van der Waals surface area contributed by atoms with Gasteiger partial charge in [-0.2, -0.15) is 0 Å². The Morgan fingerprint density at radius 3 is 2.58 bits per heavy atom. The highest BCUT2D eigenvalue weighted by molar-refractivity contribution is 5.75. The van der Waals surface area contributed by atoms with Gasteiger partial charge in [0.15, 0.2) is 0 Å². The van der Waals surface area contributed by atoms with Gasteiger partial charge in [-0.15, -0.1) is 0 Å². The Labute approximate surface area is 141 Å². The maximum atomic E-state index is 12.2. The summed E-state index contributed by atoms with van der Waals surface area (Å²) in [4.78, 5) is 25.8. The molecule has 1 aromatic carbocycles. The molecule has 128 valence electrons. The molecule has 1 unspecified atom stereocenters. The van der Waals surface area contributed by atoms with Crippen LogP contribution in [0.3, 0.4) is 0 Å². The summed E-state index contributed by atoms with van der Waals surface area (Å²) in [6.45, 7) is 0.430. The lowest BCUT2D eigenvalue weighted by molar-refractivity contribution is -0.121. The van der Waals surface area contributed by atoms with Gasteiger partial charge in [0.25, 0.3) is 5.56 Å². The maximum absolute atomic E-state index is 12.2. The van der Waals surface area contributed by atoms with E-state index < -0.39 is 0 Å². The van der Waals surface area contributed by atoms with Gasteiger partial charge in [-0.25, -0.2) is 0 Å². The van der Waals surface area contributed by atoms with Crippen LogP contribution in [-0.4, -0.2) is 43.1 Å². The Hall–Kier alpha value is -2.60. The highest BCUT2D eigenvalue weighted by Crippen LogP contribution is 2.27. The van der Waals surface area contributed by atoms with E-state index in [1.165, 1.54) is 10.6 Å². The molecule has 1 heterocycles. The fourth-order valence-electron chi connectivity index (χ4n) is 2.52. The molecule has 1 aromatic heterocycles. The van der Waals surface area contributed by atoms with Crippen molar-refractivity contribution in [2.24, 2.45) is 0 Å². The highest BCUT2D eigenvalue weighted by Gasteiger charge is 2.19. The fourth-order valence-corrected chi connectivity index (χ4v) is 2.52. The molecular weight excluding hydrogens is 306 g/mol. The van der Waals surface area contributed by atoms with Gasteiger partial charge in [0, 0.05) is 24.4 Å². The molecule has 0 radical (unpaired) electrons. The van der Waals surface area contributed by atoms with Crippen LogP contribution in [0.1, 0.15) is 11.6 Å². The molecular formula is C18H23N3O3. The van der Waals surface area contributed by atoms with E-state index in [1.807, 2.05) is 43.3 Å². The number of likely N-dealkylation sites (N-methyl/N-ethyl adjacent to an activating group) is 1. The van der Waals surface area contributed by atoms with E-state index in [0.717, 1.165) is 11.3 Å². The smallest absolute Gasteiger partial charge is 0.250 e. The van der Waals surface area contributed by atoms with E-state index in [-0.39, 0.29) is 24.1 Å². The van der Waals surface area contributed by atoms with Crippen molar-refractivity contribution in [3.63, 3.8) is 0 Å². The second-order valence-electron chi connectivity index (χ2n) is 5.69. The lowest BCUT2D eigenvalue weighted by atomic mass is 10.0. The number of pyridine rings is 1. The Balaban J connectivity index is 2.05. The Morgan fingerprint density at radius 1 is 1.21 bits per heavy atom. The van der Waals surface area contributed by atoms with Gasteiger partial charge in [-0.05, 0) is 26.2 Å². The first-order valence-electron chi connectivity index (χ1n) is 7.74. The van der Waals surface area contributed by atoms with E-state index in [2.05, 4.69) is 5.32 Å². The average molecular weight is 329 g/mol. The number of rotatable bonds is 7. The summed E-state index contributed by atoms with van der Waals surface area (Å²) in [5.74, 6) is 0.578. The van der Waals surface area contributed by atoms with E-state index >= 15 is 0 Å². The van der Waals surface area contributed by atoms with Gasteiger partial charge >= 0.3 is 0 Å². The standard InChI is InChI=1S/C18H23N3O3/c1-20(2)15(14-8-4-5-9-16(14)24-3)12-19-17(22)13-21-11-7-6-10-18(21)23/h4-11,15H,12-13H2,1-3H3,(H,19,22).